The number of aromatic carboxylic acids is 1. The Morgan fingerprint density at radius 2 is 1.71 bits per heavy atom. The van der Waals surface area contributed by atoms with E-state index in [2.05, 4.69) is 16.9 Å². The zero-order valence-corrected chi connectivity index (χ0v) is 23.5. The quantitative estimate of drug-likeness (QED) is 0.363. The van der Waals surface area contributed by atoms with Gasteiger partial charge < -0.3 is 29.1 Å². The zero-order chi connectivity index (χ0) is 30.5. The molecule has 41 heavy (non-hydrogen) atoms. The van der Waals surface area contributed by atoms with Gasteiger partial charge in [-0.3, -0.25) is 4.79 Å². The van der Waals surface area contributed by atoms with Gasteiger partial charge in [-0.2, -0.15) is 18.2 Å². The first-order valence-corrected chi connectivity index (χ1v) is 13.0. The molecule has 226 valence electrons. The Morgan fingerprint density at radius 3 is 2.22 bits per heavy atom. The molecule has 14 heteroatoms. The summed E-state index contributed by atoms with van der Waals surface area (Å²) in [6, 6.07) is 0.689. The second-order valence-electron chi connectivity index (χ2n) is 10.2. The molecule has 0 atom stereocenters. The fourth-order valence-corrected chi connectivity index (χ4v) is 4.72. The number of amides is 1. The molecular formula is C27H34F4N4O6. The summed E-state index contributed by atoms with van der Waals surface area (Å²) >= 11 is 0. The fourth-order valence-electron chi connectivity index (χ4n) is 4.72. The number of aromatic nitrogens is 2. The van der Waals surface area contributed by atoms with Crippen LogP contribution in [0, 0.1) is 17.7 Å². The number of carbonyl (C=O) groups is 2. The molecule has 1 aromatic carbocycles. The number of alkyl halides is 3. The smallest absolute Gasteiger partial charge is 0.423 e. The number of hydrogen-bond donors (Lipinski definition) is 1. The third kappa shape index (κ3) is 7.61. The van der Waals surface area contributed by atoms with Gasteiger partial charge in [0.25, 0.3) is 0 Å². The molecule has 0 bridgehead atoms. The van der Waals surface area contributed by atoms with Gasteiger partial charge >= 0.3 is 12.1 Å². The van der Waals surface area contributed by atoms with Gasteiger partial charge in [-0.1, -0.05) is 6.92 Å². The van der Waals surface area contributed by atoms with Crippen molar-refractivity contribution in [1.29, 1.82) is 0 Å². The van der Waals surface area contributed by atoms with E-state index in [9.17, 15) is 27.9 Å². The van der Waals surface area contributed by atoms with E-state index in [0.717, 1.165) is 25.0 Å². The van der Waals surface area contributed by atoms with Gasteiger partial charge in [0, 0.05) is 52.6 Å². The first-order chi connectivity index (χ1) is 19.3. The number of rotatable bonds is 11. The van der Waals surface area contributed by atoms with Crippen LogP contribution in [-0.2, 0) is 20.4 Å². The van der Waals surface area contributed by atoms with E-state index >= 15 is 4.39 Å². The van der Waals surface area contributed by atoms with Crippen LogP contribution >= 0.6 is 0 Å². The molecule has 1 saturated carbocycles. The Hall–Kier alpha value is -3.52. The van der Waals surface area contributed by atoms with Crippen LogP contribution in [0.3, 0.4) is 0 Å². The van der Waals surface area contributed by atoms with Crippen molar-refractivity contribution in [3.8, 4) is 11.6 Å². The zero-order valence-electron chi connectivity index (χ0n) is 23.5. The highest BCUT2D eigenvalue weighted by atomic mass is 19.4. The minimum atomic E-state index is -4.94. The lowest BCUT2D eigenvalue weighted by Crippen LogP contribution is -2.49. The number of hydrogen-bond acceptors (Lipinski definition) is 8. The van der Waals surface area contributed by atoms with E-state index in [1.165, 1.54) is 38.1 Å². The molecule has 1 amide bonds. The molecule has 1 aliphatic carbocycles. The molecule has 0 radical (unpaired) electrons. The van der Waals surface area contributed by atoms with Gasteiger partial charge in [0.1, 0.15) is 5.56 Å². The summed E-state index contributed by atoms with van der Waals surface area (Å²) in [7, 11) is 5.76. The molecule has 0 aliphatic heterocycles. The van der Waals surface area contributed by atoms with Crippen LogP contribution in [0.25, 0.3) is 0 Å². The first kappa shape index (κ1) is 32.0. The second-order valence-corrected chi connectivity index (χ2v) is 10.2. The monoisotopic (exact) mass is 586 g/mol. The van der Waals surface area contributed by atoms with Crippen LogP contribution in [0.4, 0.5) is 29.2 Å². The molecule has 0 spiro atoms. The van der Waals surface area contributed by atoms with Crippen LogP contribution in [0.2, 0.25) is 0 Å². The van der Waals surface area contributed by atoms with E-state index in [4.69, 9.17) is 14.2 Å². The lowest BCUT2D eigenvalue weighted by Gasteiger charge is -2.36. The fraction of sp³-hybridized carbons (Fsp3) is 0.556. The summed E-state index contributed by atoms with van der Waals surface area (Å²) in [6.45, 7) is 1.98. The molecule has 0 unspecified atom stereocenters. The Kier molecular flexibility index (Phi) is 10.5. The SMILES string of the molecule is COCC(COC)N(C(=O)C1CCC(C)CC1)c1cc(F)c(Oc2nc(N(C)C)ncc2C(F)(F)F)cc1C(=O)O. The van der Waals surface area contributed by atoms with Crippen molar-refractivity contribution in [2.45, 2.75) is 44.8 Å². The van der Waals surface area contributed by atoms with Crippen LogP contribution in [0.5, 0.6) is 11.6 Å². The van der Waals surface area contributed by atoms with E-state index in [1.807, 2.05) is 0 Å². The average molecular weight is 587 g/mol. The summed E-state index contributed by atoms with van der Waals surface area (Å²) in [5.41, 5.74) is -2.24. The van der Waals surface area contributed by atoms with Crippen LogP contribution in [0.1, 0.15) is 48.5 Å². The Labute approximate surface area is 235 Å². The number of nitrogens with zero attached hydrogens (tertiary/aromatic N) is 4. The highest BCUT2D eigenvalue weighted by Crippen LogP contribution is 2.40. The summed E-state index contributed by atoms with van der Waals surface area (Å²) in [5, 5.41) is 10.1. The highest BCUT2D eigenvalue weighted by Gasteiger charge is 2.38. The molecule has 1 heterocycles. The minimum absolute atomic E-state index is 0.0508. The summed E-state index contributed by atoms with van der Waals surface area (Å²) in [5.74, 6) is -5.17. The van der Waals surface area contributed by atoms with E-state index in [0.29, 0.717) is 25.0 Å². The van der Waals surface area contributed by atoms with Gasteiger partial charge in [0.15, 0.2) is 11.6 Å². The molecule has 1 N–H and O–H groups in total. The first-order valence-electron chi connectivity index (χ1n) is 13.0. The number of halogens is 4. The largest absolute Gasteiger partial charge is 0.478 e. The van der Waals surface area contributed by atoms with E-state index < -0.39 is 58.6 Å². The third-order valence-corrected chi connectivity index (χ3v) is 6.88. The van der Waals surface area contributed by atoms with Gasteiger partial charge in [-0.25, -0.2) is 14.2 Å². The summed E-state index contributed by atoms with van der Waals surface area (Å²) in [6.07, 6.45) is -1.72. The lowest BCUT2D eigenvalue weighted by molar-refractivity contribution is -0.139. The Bertz CT molecular complexity index is 1230. The summed E-state index contributed by atoms with van der Waals surface area (Å²) < 4.78 is 72.3. The minimum Gasteiger partial charge on any atom is -0.478 e. The van der Waals surface area contributed by atoms with E-state index in [-0.39, 0.29) is 24.8 Å². The van der Waals surface area contributed by atoms with Crippen molar-refractivity contribution in [3.63, 3.8) is 0 Å². The predicted molar refractivity (Wildman–Crippen MR) is 141 cm³/mol. The van der Waals surface area contributed by atoms with Crippen LogP contribution in [0.15, 0.2) is 18.3 Å². The number of ether oxygens (including phenoxy) is 3. The van der Waals surface area contributed by atoms with Crippen LogP contribution in [-0.4, -0.2) is 74.5 Å². The van der Waals surface area contributed by atoms with Crippen LogP contribution < -0.4 is 14.5 Å². The van der Waals surface area contributed by atoms with Crippen molar-refractivity contribution in [2.75, 3.05) is 51.3 Å². The topological polar surface area (TPSA) is 114 Å². The van der Waals surface area contributed by atoms with Crippen molar-refractivity contribution in [1.82, 2.24) is 9.97 Å². The van der Waals surface area contributed by atoms with Crippen molar-refractivity contribution in [2.24, 2.45) is 11.8 Å². The number of benzene rings is 1. The standard InChI is InChI=1S/C27H34F4N4O6/c1-15-6-8-16(9-7-15)24(36)35(17(13-39-4)14-40-5)21-11-20(28)22(10-18(21)25(37)38)41-23-19(27(29,30)31)12-32-26(33-23)34(2)3/h10-12,15-17H,6-9,13-14H2,1-5H3,(H,37,38). The Morgan fingerprint density at radius 1 is 1.10 bits per heavy atom. The number of carboxylic acid groups (broad SMARTS) is 1. The number of carbonyl (C=O) groups excluding carboxylic acids is 1. The number of anilines is 2. The maximum atomic E-state index is 15.6. The molecule has 1 aromatic heterocycles. The van der Waals surface area contributed by atoms with E-state index in [1.54, 1.807) is 0 Å². The molecule has 2 aromatic rings. The van der Waals surface area contributed by atoms with Crippen molar-refractivity contribution >= 4 is 23.5 Å². The molecule has 1 fully saturated rings. The lowest BCUT2D eigenvalue weighted by atomic mass is 9.82. The molecule has 1 aliphatic rings. The maximum Gasteiger partial charge on any atom is 0.423 e. The maximum absolute atomic E-state index is 15.6. The third-order valence-electron chi connectivity index (χ3n) is 6.88. The molecular weight excluding hydrogens is 552 g/mol. The number of methoxy groups -OCH3 is 2. The normalized spacial score (nSPS) is 17.4. The summed E-state index contributed by atoms with van der Waals surface area (Å²) in [4.78, 5) is 36.1. The Balaban J connectivity index is 2.15. The second kappa shape index (κ2) is 13.4. The highest BCUT2D eigenvalue weighted by molar-refractivity contribution is 6.03. The van der Waals surface area contributed by atoms with Gasteiger partial charge in [0.05, 0.1) is 30.5 Å². The van der Waals surface area contributed by atoms with Gasteiger partial charge in [-0.05, 0) is 31.6 Å². The van der Waals surface area contributed by atoms with Crippen molar-refractivity contribution < 1.29 is 46.5 Å². The number of carboxylic acids is 1. The average Bonchev–Trinajstić information content (AvgIpc) is 2.90. The predicted octanol–water partition coefficient (Wildman–Crippen LogP) is 5.01. The molecule has 0 saturated heterocycles. The van der Waals surface area contributed by atoms with Crippen molar-refractivity contribution in [3.05, 3.63) is 35.3 Å². The molecule has 10 nitrogen and oxygen atoms in total. The molecule has 3 rings (SSSR count). The van der Waals surface area contributed by atoms with Gasteiger partial charge in [0.2, 0.25) is 17.7 Å². The van der Waals surface area contributed by atoms with Gasteiger partial charge in [-0.15, -0.1) is 0 Å².